The molecule has 5 atom stereocenters. The number of hydrogen-bond donors (Lipinski definition) is 1. The second-order valence-corrected chi connectivity index (χ2v) is 8.78. The van der Waals surface area contributed by atoms with Crippen LogP contribution < -0.4 is 9.47 Å². The normalized spacial score (nSPS) is 34.2. The van der Waals surface area contributed by atoms with Gasteiger partial charge < -0.3 is 18.9 Å². The molecular weight excluding hydrogens is 408 g/mol. The molecule has 2 bridgehead atoms. The molecule has 166 valence electrons. The molecule has 5 unspecified atom stereocenters. The van der Waals surface area contributed by atoms with E-state index in [1.165, 1.54) is 14.2 Å². The van der Waals surface area contributed by atoms with Gasteiger partial charge in [0.2, 0.25) is 17.1 Å². The van der Waals surface area contributed by atoms with E-state index in [0.717, 1.165) is 19.3 Å². The molecule has 1 N–H and O–H groups in total. The Bertz CT molecular complexity index is 1050. The Hall–Kier alpha value is -3.28. The third-order valence-corrected chi connectivity index (χ3v) is 7.44. The minimum absolute atomic E-state index is 0.325. The van der Waals surface area contributed by atoms with Gasteiger partial charge in [0.15, 0.2) is 5.41 Å². The second-order valence-electron chi connectivity index (χ2n) is 8.78. The molecule has 4 rings (SSSR count). The molecule has 2 saturated heterocycles. The molecule has 0 aromatic heterocycles. The first kappa shape index (κ1) is 21.9. The molecule has 1 saturated carbocycles. The molecule has 2 heterocycles. The maximum atomic E-state index is 10.5. The Balaban J connectivity index is 1.94. The standard InChI is InChI=1S/C24H26N4O4/c1-4-5-15-8-9-24-19(10-15)23(14-27,21(28)32-24)22(12-25,13-26)20(31-24)17-7-6-16(29-2)11-18(17)30-3/h6-7,11,15,19-20,28H,4-5,8-10H2,1-3H3. The largest absolute Gasteiger partial charge is 0.497 e. The molecule has 0 radical (unpaired) electrons. The molecule has 8 nitrogen and oxygen atoms in total. The van der Waals surface area contributed by atoms with Crippen LogP contribution in [0, 0.1) is 62.1 Å². The average molecular weight is 434 g/mol. The van der Waals surface area contributed by atoms with E-state index >= 15 is 0 Å². The molecule has 2 aliphatic heterocycles. The van der Waals surface area contributed by atoms with E-state index < -0.39 is 28.6 Å². The molecule has 3 fully saturated rings. The van der Waals surface area contributed by atoms with Crippen LogP contribution in [0.3, 0.4) is 0 Å². The molecule has 0 spiro atoms. The topological polar surface area (TPSA) is 132 Å². The molecule has 1 aromatic carbocycles. The first-order chi connectivity index (χ1) is 15.4. The monoisotopic (exact) mass is 434 g/mol. The van der Waals surface area contributed by atoms with Gasteiger partial charge in [-0.15, -0.1) is 0 Å². The summed E-state index contributed by atoms with van der Waals surface area (Å²) in [5.74, 6) is -0.898. The molecule has 8 heteroatoms. The van der Waals surface area contributed by atoms with Gasteiger partial charge in [-0.1, -0.05) is 19.8 Å². The van der Waals surface area contributed by atoms with Crippen LogP contribution in [0.25, 0.3) is 0 Å². The Morgan fingerprint density at radius 1 is 1.16 bits per heavy atom. The van der Waals surface area contributed by atoms with Crippen molar-refractivity contribution in [3.63, 3.8) is 0 Å². The van der Waals surface area contributed by atoms with Crippen molar-refractivity contribution < 1.29 is 18.9 Å². The van der Waals surface area contributed by atoms with Gasteiger partial charge in [0.1, 0.15) is 17.6 Å². The first-order valence-electron chi connectivity index (χ1n) is 10.8. The second kappa shape index (κ2) is 7.69. The van der Waals surface area contributed by atoms with Gasteiger partial charge >= 0.3 is 0 Å². The molecule has 32 heavy (non-hydrogen) atoms. The summed E-state index contributed by atoms with van der Waals surface area (Å²) in [4.78, 5) is 0. The van der Waals surface area contributed by atoms with Gasteiger partial charge in [-0.3, -0.25) is 5.41 Å². The Morgan fingerprint density at radius 2 is 1.91 bits per heavy atom. The van der Waals surface area contributed by atoms with Crippen molar-refractivity contribution in [3.05, 3.63) is 23.8 Å². The van der Waals surface area contributed by atoms with Crippen molar-refractivity contribution in [3.8, 4) is 29.7 Å². The fourth-order valence-electron chi connectivity index (χ4n) is 5.90. The summed E-state index contributed by atoms with van der Waals surface area (Å²) >= 11 is 0. The highest BCUT2D eigenvalue weighted by atomic mass is 16.7. The maximum Gasteiger partial charge on any atom is 0.217 e. The van der Waals surface area contributed by atoms with Gasteiger partial charge in [0.25, 0.3) is 0 Å². The lowest BCUT2D eigenvalue weighted by Gasteiger charge is -2.52. The van der Waals surface area contributed by atoms with Gasteiger partial charge in [-0.05, 0) is 30.9 Å². The van der Waals surface area contributed by atoms with Crippen LogP contribution >= 0.6 is 0 Å². The van der Waals surface area contributed by atoms with E-state index in [1.54, 1.807) is 18.2 Å². The van der Waals surface area contributed by atoms with Crippen LogP contribution in [0.4, 0.5) is 0 Å². The van der Waals surface area contributed by atoms with Crippen LogP contribution in [0.1, 0.15) is 50.7 Å². The van der Waals surface area contributed by atoms with Crippen LogP contribution in [0.2, 0.25) is 0 Å². The lowest BCUT2D eigenvalue weighted by Crippen LogP contribution is -2.61. The first-order valence-corrected chi connectivity index (χ1v) is 10.8. The zero-order valence-electron chi connectivity index (χ0n) is 18.5. The van der Waals surface area contributed by atoms with E-state index in [2.05, 4.69) is 25.1 Å². The third kappa shape index (κ3) is 2.58. The van der Waals surface area contributed by atoms with Crippen LogP contribution in [-0.4, -0.2) is 25.9 Å². The highest BCUT2D eigenvalue weighted by molar-refractivity contribution is 5.89. The number of nitrogens with zero attached hydrogens (tertiary/aromatic N) is 3. The zero-order chi connectivity index (χ0) is 23.1. The van der Waals surface area contributed by atoms with Crippen LogP contribution in [0.5, 0.6) is 11.5 Å². The Kier molecular flexibility index (Phi) is 5.27. The van der Waals surface area contributed by atoms with E-state index in [1.807, 2.05) is 0 Å². The third-order valence-electron chi connectivity index (χ3n) is 7.44. The predicted molar refractivity (Wildman–Crippen MR) is 112 cm³/mol. The number of ether oxygens (including phenoxy) is 4. The summed E-state index contributed by atoms with van der Waals surface area (Å²) in [7, 11) is 3.00. The summed E-state index contributed by atoms with van der Waals surface area (Å²) in [5, 5.41) is 40.0. The molecule has 0 amide bonds. The highest BCUT2D eigenvalue weighted by Crippen LogP contribution is 2.70. The molecule has 1 aromatic rings. The van der Waals surface area contributed by atoms with Crippen molar-refractivity contribution in [1.82, 2.24) is 0 Å². The number of nitrogens with one attached hydrogen (secondary N) is 1. The predicted octanol–water partition coefficient (Wildman–Crippen LogP) is 4.24. The summed E-state index contributed by atoms with van der Waals surface area (Å²) in [5.41, 5.74) is -3.28. The van der Waals surface area contributed by atoms with Gasteiger partial charge in [-0.2, -0.15) is 15.8 Å². The van der Waals surface area contributed by atoms with Crippen molar-refractivity contribution in [2.75, 3.05) is 14.2 Å². The lowest BCUT2D eigenvalue weighted by atomic mass is 9.50. The average Bonchev–Trinajstić information content (AvgIpc) is 3.02. The number of benzene rings is 1. The lowest BCUT2D eigenvalue weighted by molar-refractivity contribution is -0.299. The fraction of sp³-hybridized carbons (Fsp3) is 0.583. The van der Waals surface area contributed by atoms with E-state index in [0.29, 0.717) is 35.8 Å². The summed E-state index contributed by atoms with van der Waals surface area (Å²) in [6.07, 6.45) is 2.73. The van der Waals surface area contributed by atoms with Crippen LogP contribution in [-0.2, 0) is 9.47 Å². The Morgan fingerprint density at radius 3 is 2.50 bits per heavy atom. The zero-order valence-corrected chi connectivity index (χ0v) is 18.5. The fourth-order valence-corrected chi connectivity index (χ4v) is 5.90. The number of nitriles is 3. The van der Waals surface area contributed by atoms with Crippen molar-refractivity contribution in [1.29, 1.82) is 21.2 Å². The number of rotatable bonds is 5. The van der Waals surface area contributed by atoms with Crippen molar-refractivity contribution >= 4 is 5.90 Å². The number of methoxy groups -OCH3 is 2. The minimum Gasteiger partial charge on any atom is -0.497 e. The summed E-state index contributed by atoms with van der Waals surface area (Å²) < 4.78 is 23.3. The summed E-state index contributed by atoms with van der Waals surface area (Å²) in [6.45, 7) is 2.11. The minimum atomic E-state index is -1.99. The van der Waals surface area contributed by atoms with Crippen molar-refractivity contribution in [2.45, 2.75) is 50.9 Å². The molecular formula is C24H26N4O4. The molecule has 3 aliphatic rings. The smallest absolute Gasteiger partial charge is 0.217 e. The van der Waals surface area contributed by atoms with Gasteiger partial charge in [0, 0.05) is 18.1 Å². The molecule has 1 aliphatic carbocycles. The van der Waals surface area contributed by atoms with Gasteiger partial charge in [-0.25, -0.2) is 0 Å². The van der Waals surface area contributed by atoms with Gasteiger partial charge in [0.05, 0.1) is 38.3 Å². The van der Waals surface area contributed by atoms with Crippen molar-refractivity contribution in [2.24, 2.45) is 22.7 Å². The summed E-state index contributed by atoms with van der Waals surface area (Å²) in [6, 6.07) is 11.5. The highest BCUT2D eigenvalue weighted by Gasteiger charge is 2.81. The Labute approximate surface area is 187 Å². The quantitative estimate of drug-likeness (QED) is 0.733. The van der Waals surface area contributed by atoms with Crippen LogP contribution in [0.15, 0.2) is 18.2 Å². The van der Waals surface area contributed by atoms with E-state index in [-0.39, 0.29) is 5.90 Å². The maximum absolute atomic E-state index is 10.5. The number of hydrogen-bond acceptors (Lipinski definition) is 8. The SMILES string of the molecule is CCCC1CCC23OC(=N)C(C#N)(C2C1)C(C#N)(C#N)C(c1ccc(OC)cc1OC)O3. The van der Waals surface area contributed by atoms with E-state index in [4.69, 9.17) is 24.4 Å². The van der Waals surface area contributed by atoms with E-state index in [9.17, 15) is 15.8 Å².